The fourth-order valence-electron chi connectivity index (χ4n) is 2.34. The fourth-order valence-corrected chi connectivity index (χ4v) is 2.34. The van der Waals surface area contributed by atoms with Crippen LogP contribution in [-0.4, -0.2) is 31.4 Å². The minimum Gasteiger partial charge on any atom is -1.00 e. The van der Waals surface area contributed by atoms with Crippen molar-refractivity contribution in [3.63, 3.8) is 0 Å². The van der Waals surface area contributed by atoms with Crippen LogP contribution in [0.5, 0.6) is 5.75 Å². The number of carbonyl (C=O) groups is 1. The van der Waals surface area contributed by atoms with E-state index in [0.29, 0.717) is 19.0 Å². The van der Waals surface area contributed by atoms with Crippen molar-refractivity contribution in [2.24, 2.45) is 7.05 Å². The molecule has 1 aromatic heterocycles. The zero-order chi connectivity index (χ0) is 16.3. The summed E-state index contributed by atoms with van der Waals surface area (Å²) in [6, 6.07) is 0. The van der Waals surface area contributed by atoms with Gasteiger partial charge in [-0.2, -0.15) is 0 Å². The first kappa shape index (κ1) is 19.9. The molecule has 1 unspecified atom stereocenters. The van der Waals surface area contributed by atoms with Crippen LogP contribution in [0.3, 0.4) is 0 Å². The lowest BCUT2D eigenvalue weighted by atomic mass is 10.1. The van der Waals surface area contributed by atoms with Crippen molar-refractivity contribution in [2.45, 2.75) is 46.2 Å². The summed E-state index contributed by atoms with van der Waals surface area (Å²) >= 11 is 0. The summed E-state index contributed by atoms with van der Waals surface area (Å²) in [5.41, 5.74) is 2.77. The summed E-state index contributed by atoms with van der Waals surface area (Å²) in [5.74, 6) is 0.569. The summed E-state index contributed by atoms with van der Waals surface area (Å²) in [7, 11) is 5.25. The van der Waals surface area contributed by atoms with Crippen molar-refractivity contribution < 1.29 is 40.6 Å². The molecule has 1 aliphatic rings. The quantitative estimate of drug-likeness (QED) is 0.627. The number of hydrogen-bond acceptors (Lipinski definition) is 4. The zero-order valence-corrected chi connectivity index (χ0v) is 16.0. The van der Waals surface area contributed by atoms with Crippen LogP contribution in [0.15, 0.2) is 6.20 Å². The molecular formula is C16H25BrN2O4. The van der Waals surface area contributed by atoms with E-state index in [1.165, 1.54) is 4.90 Å². The van der Waals surface area contributed by atoms with E-state index in [9.17, 15) is 4.79 Å². The number of fused-ring (bicyclic) bond motifs is 1. The number of ether oxygens (including phenoxy) is 3. The average molecular weight is 389 g/mol. The topological polar surface area (TPSA) is 51.9 Å². The van der Waals surface area contributed by atoms with E-state index in [0.717, 1.165) is 29.7 Å². The maximum Gasteiger partial charge on any atom is 0.414 e. The number of amides is 1. The predicted octanol–water partition coefficient (Wildman–Crippen LogP) is -0.943. The van der Waals surface area contributed by atoms with E-state index >= 15 is 0 Å². The van der Waals surface area contributed by atoms with Crippen LogP contribution >= 0.6 is 0 Å². The highest BCUT2D eigenvalue weighted by molar-refractivity contribution is 5.70. The summed E-state index contributed by atoms with van der Waals surface area (Å²) in [6.07, 6.45) is 3.25. The zero-order valence-electron chi connectivity index (χ0n) is 14.4. The van der Waals surface area contributed by atoms with Crippen molar-refractivity contribution in [1.82, 2.24) is 4.90 Å². The molecule has 1 aliphatic heterocycles. The van der Waals surface area contributed by atoms with Gasteiger partial charge < -0.3 is 36.1 Å². The van der Waals surface area contributed by atoms with Gasteiger partial charge in [-0.25, -0.2) is 9.36 Å². The molecule has 0 saturated heterocycles. The molecule has 2 heterocycles. The third kappa shape index (κ3) is 4.65. The lowest BCUT2D eigenvalue weighted by Gasteiger charge is -2.15. The fraction of sp³-hybridized carbons (Fsp3) is 0.625. The number of rotatable bonds is 3. The van der Waals surface area contributed by atoms with Gasteiger partial charge in [0.1, 0.15) is 7.05 Å². The molecule has 2 rings (SSSR count). The Balaban J connectivity index is 0.00000264. The largest absolute Gasteiger partial charge is 1.00 e. The van der Waals surface area contributed by atoms with Crippen LogP contribution in [0.4, 0.5) is 4.79 Å². The number of halogens is 1. The van der Waals surface area contributed by atoms with Gasteiger partial charge in [0.2, 0.25) is 11.4 Å². The van der Waals surface area contributed by atoms with Crippen LogP contribution in [-0.2, 0) is 29.7 Å². The number of carbonyl (C=O) groups excluding carboxylic acids is 1. The van der Waals surface area contributed by atoms with Crippen molar-refractivity contribution in [2.75, 3.05) is 14.1 Å². The van der Waals surface area contributed by atoms with Crippen LogP contribution in [0, 0.1) is 6.92 Å². The summed E-state index contributed by atoms with van der Waals surface area (Å²) in [5, 5.41) is 0. The van der Waals surface area contributed by atoms with Gasteiger partial charge in [0, 0.05) is 26.6 Å². The Morgan fingerprint density at radius 1 is 1.39 bits per heavy atom. The molecule has 0 aromatic carbocycles. The van der Waals surface area contributed by atoms with E-state index in [-0.39, 0.29) is 23.3 Å². The maximum absolute atomic E-state index is 11.9. The first-order valence-electron chi connectivity index (χ1n) is 7.57. The highest BCUT2D eigenvalue weighted by Crippen LogP contribution is 2.29. The Hall–Kier alpha value is -1.18. The molecule has 0 fully saturated rings. The molecule has 0 bridgehead atoms. The third-order valence-corrected chi connectivity index (χ3v) is 3.79. The molecular weight excluding hydrogens is 364 g/mol. The molecule has 0 radical (unpaired) electrons. The monoisotopic (exact) mass is 388 g/mol. The summed E-state index contributed by atoms with van der Waals surface area (Å²) in [6.45, 7) is 4.87. The molecule has 6 nitrogen and oxygen atoms in total. The third-order valence-electron chi connectivity index (χ3n) is 3.79. The SMILES string of the molecule is CCCC1OCc2c[n+](C)c(C)c(OC(=O)N(C)C)c2CO1.[Br-]. The Labute approximate surface area is 148 Å². The maximum atomic E-state index is 11.9. The van der Waals surface area contributed by atoms with Gasteiger partial charge in [-0.3, -0.25) is 0 Å². The number of aryl methyl sites for hydroxylation is 1. The lowest BCUT2D eigenvalue weighted by Crippen LogP contribution is -3.00. The van der Waals surface area contributed by atoms with Gasteiger partial charge in [0.15, 0.2) is 12.5 Å². The van der Waals surface area contributed by atoms with Gasteiger partial charge in [-0.05, 0) is 6.42 Å². The normalized spacial score (nSPS) is 16.8. The minimum absolute atomic E-state index is 0. The molecule has 0 N–H and O–H groups in total. The standard InChI is InChI=1S/C16H25N2O4.BrH/c1-6-7-14-20-9-12-8-18(5)11(2)15(13(12)10-21-14)22-16(19)17(3)4;/h8,14H,6-7,9-10H2,1-5H3;1H/q+1;/p-1. The van der Waals surface area contributed by atoms with Crippen molar-refractivity contribution in [3.8, 4) is 5.75 Å². The second kappa shape index (κ2) is 8.61. The van der Waals surface area contributed by atoms with Gasteiger partial charge in [0.25, 0.3) is 0 Å². The van der Waals surface area contributed by atoms with Crippen molar-refractivity contribution >= 4 is 6.09 Å². The first-order chi connectivity index (χ1) is 10.4. The molecule has 1 atom stereocenters. The molecule has 130 valence electrons. The highest BCUT2D eigenvalue weighted by Gasteiger charge is 2.27. The van der Waals surface area contributed by atoms with Crippen molar-refractivity contribution in [3.05, 3.63) is 23.0 Å². The van der Waals surface area contributed by atoms with Crippen molar-refractivity contribution in [1.29, 1.82) is 0 Å². The van der Waals surface area contributed by atoms with Crippen LogP contribution in [0.2, 0.25) is 0 Å². The van der Waals surface area contributed by atoms with E-state index in [4.69, 9.17) is 14.2 Å². The first-order valence-corrected chi connectivity index (χ1v) is 7.57. The lowest BCUT2D eigenvalue weighted by molar-refractivity contribution is -0.678. The molecule has 0 saturated carbocycles. The van der Waals surface area contributed by atoms with Crippen LogP contribution < -0.4 is 26.3 Å². The minimum atomic E-state index is -0.397. The van der Waals surface area contributed by atoms with E-state index in [1.807, 2.05) is 24.7 Å². The smallest absolute Gasteiger partial charge is 0.414 e. The van der Waals surface area contributed by atoms with E-state index in [2.05, 4.69) is 6.92 Å². The van der Waals surface area contributed by atoms with Crippen LogP contribution in [0.25, 0.3) is 0 Å². The second-order valence-corrected chi connectivity index (χ2v) is 5.76. The number of hydrogen-bond donors (Lipinski definition) is 0. The van der Waals surface area contributed by atoms with E-state index in [1.54, 1.807) is 14.1 Å². The molecule has 7 heteroatoms. The number of aromatic nitrogens is 1. The average Bonchev–Trinajstić information content (AvgIpc) is 2.66. The molecule has 0 aliphatic carbocycles. The van der Waals surface area contributed by atoms with Crippen LogP contribution in [0.1, 0.15) is 36.6 Å². The van der Waals surface area contributed by atoms with E-state index < -0.39 is 6.09 Å². The molecule has 1 amide bonds. The molecule has 23 heavy (non-hydrogen) atoms. The number of nitrogens with zero attached hydrogens (tertiary/aromatic N) is 2. The van der Waals surface area contributed by atoms with Gasteiger partial charge in [-0.15, -0.1) is 0 Å². The molecule has 1 aromatic rings. The summed E-state index contributed by atoms with van der Waals surface area (Å²) in [4.78, 5) is 13.3. The summed E-state index contributed by atoms with van der Waals surface area (Å²) < 4.78 is 19.1. The Kier molecular flexibility index (Phi) is 7.44. The second-order valence-electron chi connectivity index (χ2n) is 5.76. The van der Waals surface area contributed by atoms with Gasteiger partial charge in [-0.1, -0.05) is 13.3 Å². The van der Waals surface area contributed by atoms with Gasteiger partial charge in [0.05, 0.1) is 18.8 Å². The predicted molar refractivity (Wildman–Crippen MR) is 80.3 cm³/mol. The Morgan fingerprint density at radius 2 is 2.04 bits per heavy atom. The number of pyridine rings is 1. The van der Waals surface area contributed by atoms with Gasteiger partial charge >= 0.3 is 6.09 Å². The highest BCUT2D eigenvalue weighted by atomic mass is 79.9. The molecule has 0 spiro atoms. The Bertz CT molecular complexity index is 564. The Morgan fingerprint density at radius 3 is 2.65 bits per heavy atom.